The second-order valence-electron chi connectivity index (χ2n) is 3.89. The van der Waals surface area contributed by atoms with Gasteiger partial charge in [-0.15, -0.1) is 0 Å². The van der Waals surface area contributed by atoms with Crippen molar-refractivity contribution in [1.82, 2.24) is 14.7 Å². The van der Waals surface area contributed by atoms with Crippen molar-refractivity contribution in [3.8, 4) is 0 Å². The molecule has 2 heterocycles. The predicted octanol–water partition coefficient (Wildman–Crippen LogP) is 0.106. The number of anilines is 1. The number of nitrogen functional groups attached to an aromatic ring is 1. The van der Waals surface area contributed by atoms with E-state index < -0.39 is 0 Å². The zero-order valence-electron chi connectivity index (χ0n) is 9.15. The van der Waals surface area contributed by atoms with Crippen LogP contribution in [0.5, 0.6) is 0 Å². The van der Waals surface area contributed by atoms with Gasteiger partial charge in [0.1, 0.15) is 0 Å². The predicted molar refractivity (Wildman–Crippen MR) is 58.6 cm³/mol. The van der Waals surface area contributed by atoms with Crippen LogP contribution >= 0.6 is 0 Å². The second-order valence-corrected chi connectivity index (χ2v) is 3.89. The molecule has 1 saturated heterocycles. The van der Waals surface area contributed by atoms with Crippen molar-refractivity contribution >= 4 is 5.69 Å². The maximum atomic E-state index is 5.73. The van der Waals surface area contributed by atoms with Crippen LogP contribution in [0.3, 0.4) is 0 Å². The Labute approximate surface area is 89.8 Å². The molecule has 1 aliphatic heterocycles. The van der Waals surface area contributed by atoms with Crippen molar-refractivity contribution in [1.29, 1.82) is 0 Å². The molecule has 0 unspecified atom stereocenters. The standard InChI is InChI=1S/C10H18N4O/c1-9-10(11)8-14(12-9)3-2-13-4-6-15-7-5-13/h8H,2-7,11H2,1H3. The summed E-state index contributed by atoms with van der Waals surface area (Å²) in [5.41, 5.74) is 7.42. The van der Waals surface area contributed by atoms with Crippen LogP contribution in [-0.4, -0.2) is 47.5 Å². The van der Waals surface area contributed by atoms with E-state index in [2.05, 4.69) is 10.00 Å². The quantitative estimate of drug-likeness (QED) is 0.769. The van der Waals surface area contributed by atoms with Crippen LogP contribution in [-0.2, 0) is 11.3 Å². The maximum absolute atomic E-state index is 5.73. The van der Waals surface area contributed by atoms with Crippen molar-refractivity contribution < 1.29 is 4.74 Å². The van der Waals surface area contributed by atoms with Gasteiger partial charge in [0.05, 0.1) is 31.1 Å². The molecule has 0 amide bonds. The number of aryl methyl sites for hydroxylation is 1. The lowest BCUT2D eigenvalue weighted by Gasteiger charge is -2.26. The molecule has 0 aromatic carbocycles. The summed E-state index contributed by atoms with van der Waals surface area (Å²) >= 11 is 0. The highest BCUT2D eigenvalue weighted by Gasteiger charge is 2.10. The van der Waals surface area contributed by atoms with Crippen molar-refractivity contribution in [2.24, 2.45) is 0 Å². The fourth-order valence-corrected chi connectivity index (χ4v) is 1.72. The van der Waals surface area contributed by atoms with Gasteiger partial charge in [-0.1, -0.05) is 0 Å². The first kappa shape index (κ1) is 10.4. The molecular formula is C10H18N4O. The zero-order valence-corrected chi connectivity index (χ0v) is 9.15. The summed E-state index contributed by atoms with van der Waals surface area (Å²) in [7, 11) is 0. The highest BCUT2D eigenvalue weighted by molar-refractivity contribution is 5.39. The van der Waals surface area contributed by atoms with Gasteiger partial charge in [-0.25, -0.2) is 0 Å². The summed E-state index contributed by atoms with van der Waals surface area (Å²) in [5.74, 6) is 0. The van der Waals surface area contributed by atoms with Gasteiger partial charge < -0.3 is 10.5 Å². The monoisotopic (exact) mass is 210 g/mol. The summed E-state index contributed by atoms with van der Waals surface area (Å²) in [6.07, 6.45) is 1.90. The van der Waals surface area contributed by atoms with E-state index in [1.165, 1.54) is 0 Å². The van der Waals surface area contributed by atoms with Crippen LogP contribution in [0, 0.1) is 6.92 Å². The smallest absolute Gasteiger partial charge is 0.0822 e. The molecule has 2 rings (SSSR count). The highest BCUT2D eigenvalue weighted by atomic mass is 16.5. The topological polar surface area (TPSA) is 56.3 Å². The third kappa shape index (κ3) is 2.70. The van der Waals surface area contributed by atoms with Crippen molar-refractivity contribution in [3.63, 3.8) is 0 Å². The van der Waals surface area contributed by atoms with Gasteiger partial charge in [-0.3, -0.25) is 9.58 Å². The molecule has 1 fully saturated rings. The van der Waals surface area contributed by atoms with E-state index >= 15 is 0 Å². The fourth-order valence-electron chi connectivity index (χ4n) is 1.72. The number of rotatable bonds is 3. The number of morpholine rings is 1. The van der Waals surface area contributed by atoms with E-state index in [-0.39, 0.29) is 0 Å². The minimum absolute atomic E-state index is 0.775. The first-order chi connectivity index (χ1) is 7.25. The zero-order chi connectivity index (χ0) is 10.7. The third-order valence-corrected chi connectivity index (χ3v) is 2.73. The Balaban J connectivity index is 1.81. The molecule has 5 heteroatoms. The van der Waals surface area contributed by atoms with E-state index in [0.717, 1.165) is 50.8 Å². The average Bonchev–Trinajstić information content (AvgIpc) is 2.57. The molecule has 84 valence electrons. The second kappa shape index (κ2) is 4.63. The Hall–Kier alpha value is -1.07. The molecule has 0 spiro atoms. The third-order valence-electron chi connectivity index (χ3n) is 2.73. The van der Waals surface area contributed by atoms with Crippen LogP contribution in [0.25, 0.3) is 0 Å². The van der Waals surface area contributed by atoms with Crippen LogP contribution in [0.15, 0.2) is 6.20 Å². The molecule has 15 heavy (non-hydrogen) atoms. The van der Waals surface area contributed by atoms with Gasteiger partial charge in [0, 0.05) is 25.8 Å². The van der Waals surface area contributed by atoms with Crippen molar-refractivity contribution in [2.45, 2.75) is 13.5 Å². The van der Waals surface area contributed by atoms with Crippen molar-refractivity contribution in [3.05, 3.63) is 11.9 Å². The van der Waals surface area contributed by atoms with Gasteiger partial charge in [-0.05, 0) is 6.92 Å². The SMILES string of the molecule is Cc1nn(CCN2CCOCC2)cc1N. The Bertz CT molecular complexity index is 298. The van der Waals surface area contributed by atoms with E-state index in [4.69, 9.17) is 10.5 Å². The number of nitrogens with zero attached hydrogens (tertiary/aromatic N) is 3. The van der Waals surface area contributed by atoms with Crippen LogP contribution in [0.4, 0.5) is 5.69 Å². The molecule has 5 nitrogen and oxygen atoms in total. The molecule has 0 aliphatic carbocycles. The van der Waals surface area contributed by atoms with E-state index in [9.17, 15) is 0 Å². The van der Waals surface area contributed by atoms with Gasteiger partial charge in [0.25, 0.3) is 0 Å². The molecule has 0 saturated carbocycles. The Kier molecular flexibility index (Phi) is 3.23. The van der Waals surface area contributed by atoms with Crippen LogP contribution in [0.2, 0.25) is 0 Å². The number of ether oxygens (including phenoxy) is 1. The number of hydrogen-bond donors (Lipinski definition) is 1. The highest BCUT2D eigenvalue weighted by Crippen LogP contribution is 2.06. The van der Waals surface area contributed by atoms with Crippen LogP contribution in [0.1, 0.15) is 5.69 Å². The lowest BCUT2D eigenvalue weighted by molar-refractivity contribution is 0.0359. The molecule has 0 atom stereocenters. The summed E-state index contributed by atoms with van der Waals surface area (Å²) in [4.78, 5) is 2.39. The summed E-state index contributed by atoms with van der Waals surface area (Å²) in [6, 6.07) is 0. The Morgan fingerprint density at radius 3 is 2.73 bits per heavy atom. The minimum Gasteiger partial charge on any atom is -0.396 e. The largest absolute Gasteiger partial charge is 0.396 e. The van der Waals surface area contributed by atoms with Gasteiger partial charge in [-0.2, -0.15) is 5.10 Å². The van der Waals surface area contributed by atoms with Crippen LogP contribution < -0.4 is 5.73 Å². The lowest BCUT2D eigenvalue weighted by Crippen LogP contribution is -2.38. The Morgan fingerprint density at radius 2 is 2.13 bits per heavy atom. The molecule has 1 aliphatic rings. The van der Waals surface area contributed by atoms with Gasteiger partial charge in [0.2, 0.25) is 0 Å². The maximum Gasteiger partial charge on any atom is 0.0822 e. The van der Waals surface area contributed by atoms with Gasteiger partial charge in [0.15, 0.2) is 0 Å². The van der Waals surface area contributed by atoms with Gasteiger partial charge >= 0.3 is 0 Å². The Morgan fingerprint density at radius 1 is 1.40 bits per heavy atom. The molecular weight excluding hydrogens is 192 g/mol. The average molecular weight is 210 g/mol. The number of hydrogen-bond acceptors (Lipinski definition) is 4. The normalized spacial score (nSPS) is 18.2. The minimum atomic E-state index is 0.775. The van der Waals surface area contributed by atoms with E-state index in [1.54, 1.807) is 0 Å². The van der Waals surface area contributed by atoms with Crippen molar-refractivity contribution in [2.75, 3.05) is 38.6 Å². The summed E-state index contributed by atoms with van der Waals surface area (Å²) in [6.45, 7) is 7.59. The van der Waals surface area contributed by atoms with E-state index in [0.29, 0.717) is 0 Å². The summed E-state index contributed by atoms with van der Waals surface area (Å²) in [5, 5.41) is 4.33. The van der Waals surface area contributed by atoms with E-state index in [1.807, 2.05) is 17.8 Å². The first-order valence-electron chi connectivity index (χ1n) is 5.35. The first-order valence-corrected chi connectivity index (χ1v) is 5.35. The molecule has 1 aromatic rings. The molecule has 0 radical (unpaired) electrons. The molecule has 0 bridgehead atoms. The molecule has 1 aromatic heterocycles. The fraction of sp³-hybridized carbons (Fsp3) is 0.700. The number of nitrogens with two attached hydrogens (primary N) is 1. The number of aromatic nitrogens is 2. The summed E-state index contributed by atoms with van der Waals surface area (Å²) < 4.78 is 7.21. The lowest BCUT2D eigenvalue weighted by atomic mass is 10.4. The molecule has 2 N–H and O–H groups in total.